The molecule has 0 aromatic carbocycles. The van der Waals surface area contributed by atoms with Gasteiger partial charge in [-0.1, -0.05) is 12.2 Å². The van der Waals surface area contributed by atoms with Gasteiger partial charge >= 0.3 is 6.03 Å². The molecule has 98 valence electrons. The summed E-state index contributed by atoms with van der Waals surface area (Å²) in [5.74, 6) is 0.519. The van der Waals surface area contributed by atoms with E-state index < -0.39 is 0 Å². The Balaban J connectivity index is 1.53. The van der Waals surface area contributed by atoms with Crippen molar-refractivity contribution < 1.29 is 14.3 Å². The van der Waals surface area contributed by atoms with Crippen LogP contribution < -0.4 is 5.32 Å². The minimum Gasteiger partial charge on any atom is -0.373 e. The number of epoxide rings is 2. The van der Waals surface area contributed by atoms with Crippen LogP contribution in [0.4, 0.5) is 4.79 Å². The fourth-order valence-corrected chi connectivity index (χ4v) is 3.26. The van der Waals surface area contributed by atoms with E-state index in [4.69, 9.17) is 9.47 Å². The zero-order valence-electron chi connectivity index (χ0n) is 10.2. The zero-order valence-corrected chi connectivity index (χ0v) is 10.2. The SMILES string of the molecule is O=C1NC2C=CCC(CC3CO3)C2N1CC1CO1. The summed E-state index contributed by atoms with van der Waals surface area (Å²) in [6.07, 6.45) is 7.15. The van der Waals surface area contributed by atoms with Gasteiger partial charge in [-0.05, 0) is 18.8 Å². The minimum atomic E-state index is 0.0637. The van der Waals surface area contributed by atoms with Gasteiger partial charge in [-0.2, -0.15) is 0 Å². The van der Waals surface area contributed by atoms with Crippen LogP contribution in [0.5, 0.6) is 0 Å². The Hall–Kier alpha value is -1.07. The largest absolute Gasteiger partial charge is 0.373 e. The number of carbonyl (C=O) groups is 1. The molecular weight excluding hydrogens is 232 g/mol. The standard InChI is InChI=1S/C13H18N2O3/c16-13-14-11-3-1-2-8(4-9-6-17-9)12(11)15(13)5-10-7-18-10/h1,3,8-12H,2,4-7H2,(H,14,16). The number of fused-ring (bicyclic) bond motifs is 1. The van der Waals surface area contributed by atoms with E-state index in [-0.39, 0.29) is 24.2 Å². The lowest BCUT2D eigenvalue weighted by Gasteiger charge is -2.34. The highest BCUT2D eigenvalue weighted by molar-refractivity contribution is 5.78. The Morgan fingerprint density at radius 1 is 1.33 bits per heavy atom. The average Bonchev–Trinajstić information content (AvgIpc) is 3.22. The maximum Gasteiger partial charge on any atom is 0.318 e. The molecule has 5 unspecified atom stereocenters. The van der Waals surface area contributed by atoms with Gasteiger partial charge in [-0.3, -0.25) is 0 Å². The van der Waals surface area contributed by atoms with Gasteiger partial charge in [0, 0.05) is 0 Å². The third kappa shape index (κ3) is 1.91. The van der Waals surface area contributed by atoms with E-state index in [9.17, 15) is 4.79 Å². The molecule has 4 rings (SSSR count). The number of carbonyl (C=O) groups excluding carboxylic acids is 1. The number of urea groups is 1. The Morgan fingerprint density at radius 3 is 2.83 bits per heavy atom. The quantitative estimate of drug-likeness (QED) is 0.584. The van der Waals surface area contributed by atoms with Crippen molar-refractivity contribution >= 4 is 6.03 Å². The van der Waals surface area contributed by atoms with Crippen molar-refractivity contribution in [3.63, 3.8) is 0 Å². The minimum absolute atomic E-state index is 0.0637. The van der Waals surface area contributed by atoms with Gasteiger partial charge in [0.15, 0.2) is 0 Å². The first-order valence-electron chi connectivity index (χ1n) is 6.78. The van der Waals surface area contributed by atoms with Crippen LogP contribution in [0.25, 0.3) is 0 Å². The molecule has 1 N–H and O–H groups in total. The van der Waals surface area contributed by atoms with Gasteiger partial charge in [0.2, 0.25) is 0 Å². The van der Waals surface area contributed by atoms with E-state index in [2.05, 4.69) is 17.5 Å². The molecule has 0 bridgehead atoms. The number of allylic oxidation sites excluding steroid dienone is 1. The number of rotatable bonds is 4. The van der Waals surface area contributed by atoms with Crippen LogP contribution in [0.2, 0.25) is 0 Å². The van der Waals surface area contributed by atoms with E-state index in [1.807, 2.05) is 4.90 Å². The summed E-state index contributed by atoms with van der Waals surface area (Å²) < 4.78 is 10.6. The van der Waals surface area contributed by atoms with Crippen LogP contribution >= 0.6 is 0 Å². The van der Waals surface area contributed by atoms with Gasteiger partial charge < -0.3 is 19.7 Å². The van der Waals surface area contributed by atoms with E-state index in [0.29, 0.717) is 12.0 Å². The molecule has 1 aliphatic carbocycles. The first-order chi connectivity index (χ1) is 8.81. The van der Waals surface area contributed by atoms with Gasteiger partial charge in [0.1, 0.15) is 0 Å². The van der Waals surface area contributed by atoms with Crippen molar-refractivity contribution in [3.8, 4) is 0 Å². The second-order valence-electron chi connectivity index (χ2n) is 5.69. The summed E-state index contributed by atoms with van der Waals surface area (Å²) >= 11 is 0. The molecule has 3 heterocycles. The predicted molar refractivity (Wildman–Crippen MR) is 64.2 cm³/mol. The second-order valence-corrected chi connectivity index (χ2v) is 5.69. The van der Waals surface area contributed by atoms with Crippen molar-refractivity contribution in [2.24, 2.45) is 5.92 Å². The summed E-state index contributed by atoms with van der Waals surface area (Å²) in [5, 5.41) is 3.07. The molecule has 3 fully saturated rings. The first kappa shape index (κ1) is 10.8. The Kier molecular flexibility index (Phi) is 2.38. The molecule has 3 saturated heterocycles. The smallest absolute Gasteiger partial charge is 0.318 e. The monoisotopic (exact) mass is 250 g/mol. The molecule has 0 aromatic rings. The molecule has 5 heteroatoms. The first-order valence-corrected chi connectivity index (χ1v) is 6.78. The highest BCUT2D eigenvalue weighted by Gasteiger charge is 2.47. The number of hydrogen-bond donors (Lipinski definition) is 1. The topological polar surface area (TPSA) is 57.4 Å². The van der Waals surface area contributed by atoms with E-state index in [1.54, 1.807) is 0 Å². The van der Waals surface area contributed by atoms with Crippen molar-refractivity contribution in [2.45, 2.75) is 37.1 Å². The average molecular weight is 250 g/mol. The predicted octanol–water partition coefficient (Wildman–Crippen LogP) is 0.513. The number of nitrogens with one attached hydrogen (secondary N) is 1. The van der Waals surface area contributed by atoms with Crippen molar-refractivity contribution in [1.82, 2.24) is 10.2 Å². The molecule has 18 heavy (non-hydrogen) atoms. The van der Waals surface area contributed by atoms with Gasteiger partial charge in [0.05, 0.1) is 44.1 Å². The lowest BCUT2D eigenvalue weighted by Crippen LogP contribution is -2.45. The third-order valence-electron chi connectivity index (χ3n) is 4.31. The number of amides is 2. The molecule has 3 aliphatic heterocycles. The third-order valence-corrected chi connectivity index (χ3v) is 4.31. The van der Waals surface area contributed by atoms with Crippen LogP contribution in [0.15, 0.2) is 12.2 Å². The molecule has 0 saturated carbocycles. The van der Waals surface area contributed by atoms with E-state index in [0.717, 1.165) is 32.6 Å². The van der Waals surface area contributed by atoms with Crippen molar-refractivity contribution in [2.75, 3.05) is 19.8 Å². The number of hydrogen-bond acceptors (Lipinski definition) is 3. The summed E-state index contributed by atoms with van der Waals surface area (Å²) in [7, 11) is 0. The second kappa shape index (κ2) is 3.96. The van der Waals surface area contributed by atoms with Crippen molar-refractivity contribution in [1.29, 1.82) is 0 Å². The number of ether oxygens (including phenoxy) is 2. The lowest BCUT2D eigenvalue weighted by atomic mass is 9.83. The molecule has 2 amide bonds. The van der Waals surface area contributed by atoms with E-state index >= 15 is 0 Å². The molecular formula is C13H18N2O3. The van der Waals surface area contributed by atoms with Crippen LogP contribution in [0.1, 0.15) is 12.8 Å². The molecule has 4 aliphatic rings. The fourth-order valence-electron chi connectivity index (χ4n) is 3.26. The molecule has 0 aromatic heterocycles. The summed E-state index contributed by atoms with van der Waals surface area (Å²) in [4.78, 5) is 14.0. The fraction of sp³-hybridized carbons (Fsp3) is 0.769. The normalized spacial score (nSPS) is 44.8. The molecule has 5 nitrogen and oxygen atoms in total. The summed E-state index contributed by atoms with van der Waals surface area (Å²) in [6.45, 7) is 2.43. The van der Waals surface area contributed by atoms with Gasteiger partial charge in [-0.15, -0.1) is 0 Å². The van der Waals surface area contributed by atoms with Crippen LogP contribution in [0, 0.1) is 5.92 Å². The maximum absolute atomic E-state index is 12.0. The summed E-state index contributed by atoms with van der Waals surface area (Å²) in [5.41, 5.74) is 0. The maximum atomic E-state index is 12.0. The highest BCUT2D eigenvalue weighted by atomic mass is 16.6. The lowest BCUT2D eigenvalue weighted by molar-refractivity contribution is 0.158. The molecule has 0 spiro atoms. The zero-order chi connectivity index (χ0) is 12.1. The van der Waals surface area contributed by atoms with Gasteiger partial charge in [-0.25, -0.2) is 4.79 Å². The summed E-state index contributed by atoms with van der Waals surface area (Å²) in [6, 6.07) is 0.526. The highest BCUT2D eigenvalue weighted by Crippen LogP contribution is 2.35. The van der Waals surface area contributed by atoms with E-state index in [1.165, 1.54) is 0 Å². The van der Waals surface area contributed by atoms with Crippen molar-refractivity contribution in [3.05, 3.63) is 12.2 Å². The van der Waals surface area contributed by atoms with Crippen LogP contribution in [0.3, 0.4) is 0 Å². The Morgan fingerprint density at radius 2 is 2.11 bits per heavy atom. The Bertz CT molecular complexity index is 390. The molecule has 5 atom stereocenters. The Labute approximate surface area is 106 Å². The van der Waals surface area contributed by atoms with Crippen LogP contribution in [-0.2, 0) is 9.47 Å². The molecule has 0 radical (unpaired) electrons. The van der Waals surface area contributed by atoms with Gasteiger partial charge in [0.25, 0.3) is 0 Å². The van der Waals surface area contributed by atoms with Crippen LogP contribution in [-0.4, -0.2) is 55.0 Å². The number of nitrogens with zero attached hydrogens (tertiary/aromatic N) is 1.